The maximum atomic E-state index is 10.6. The molecule has 0 aliphatic rings. The zero-order valence-electron chi connectivity index (χ0n) is 9.95. The van der Waals surface area contributed by atoms with Crippen LogP contribution in [0.5, 0.6) is 5.75 Å². The van der Waals surface area contributed by atoms with E-state index in [2.05, 4.69) is 0 Å². The number of nitrogens with two attached hydrogens (primary N) is 2. The summed E-state index contributed by atoms with van der Waals surface area (Å²) in [5.41, 5.74) is 13.3. The number of amides is 1. The normalized spacial score (nSPS) is 10.0. The number of primary amides is 1. The van der Waals surface area contributed by atoms with E-state index in [1.54, 1.807) is 0 Å². The van der Waals surface area contributed by atoms with Crippen LogP contribution in [-0.4, -0.2) is 17.5 Å². The molecule has 0 fully saturated rings. The number of ether oxygens (including phenoxy) is 1. The lowest BCUT2D eigenvalue weighted by molar-refractivity contribution is -0.118. The highest BCUT2D eigenvalue weighted by Gasteiger charge is 2.08. The number of hydrogen-bond acceptors (Lipinski definition) is 3. The van der Waals surface area contributed by atoms with Crippen LogP contribution in [0.15, 0.2) is 12.1 Å². The summed E-state index contributed by atoms with van der Waals surface area (Å²) in [7, 11) is 0. The first-order chi connectivity index (χ1) is 7.91. The average molecular weight is 252 g/mol. The SMILES string of the molecule is Cc1cc(C(N)=S)cc(C)c1OCCC(N)=O. The van der Waals surface area contributed by atoms with E-state index < -0.39 is 0 Å². The van der Waals surface area contributed by atoms with Gasteiger partial charge in [-0.3, -0.25) is 4.79 Å². The smallest absolute Gasteiger partial charge is 0.220 e. The summed E-state index contributed by atoms with van der Waals surface area (Å²) in [4.78, 5) is 11.0. The first-order valence-corrected chi connectivity index (χ1v) is 5.64. The zero-order chi connectivity index (χ0) is 13.0. The molecule has 0 saturated carbocycles. The van der Waals surface area contributed by atoms with Crippen LogP contribution in [0.4, 0.5) is 0 Å². The highest BCUT2D eigenvalue weighted by molar-refractivity contribution is 7.80. The minimum atomic E-state index is -0.375. The fourth-order valence-electron chi connectivity index (χ4n) is 1.57. The van der Waals surface area contributed by atoms with Gasteiger partial charge in [0.15, 0.2) is 0 Å². The number of carbonyl (C=O) groups is 1. The summed E-state index contributed by atoms with van der Waals surface area (Å²) in [6.07, 6.45) is 0.204. The first-order valence-electron chi connectivity index (χ1n) is 5.24. The Bertz CT molecular complexity index is 435. The van der Waals surface area contributed by atoms with Gasteiger partial charge >= 0.3 is 0 Å². The summed E-state index contributed by atoms with van der Waals surface area (Å²) in [6, 6.07) is 3.74. The summed E-state index contributed by atoms with van der Waals surface area (Å²) in [5, 5.41) is 0. The molecule has 0 unspecified atom stereocenters. The fraction of sp³-hybridized carbons (Fsp3) is 0.333. The molecule has 0 aromatic heterocycles. The van der Waals surface area contributed by atoms with Crippen molar-refractivity contribution in [2.45, 2.75) is 20.3 Å². The van der Waals surface area contributed by atoms with E-state index in [9.17, 15) is 4.79 Å². The van der Waals surface area contributed by atoms with Crippen molar-refractivity contribution in [2.75, 3.05) is 6.61 Å². The number of carbonyl (C=O) groups excluding carboxylic acids is 1. The average Bonchev–Trinajstić information content (AvgIpc) is 2.21. The van der Waals surface area contributed by atoms with Crippen LogP contribution in [-0.2, 0) is 4.79 Å². The van der Waals surface area contributed by atoms with Gasteiger partial charge in [-0.1, -0.05) is 12.2 Å². The predicted molar refractivity (Wildman–Crippen MR) is 71.1 cm³/mol. The van der Waals surface area contributed by atoms with Crippen LogP contribution in [0, 0.1) is 13.8 Å². The first kappa shape index (κ1) is 13.4. The van der Waals surface area contributed by atoms with Crippen LogP contribution < -0.4 is 16.2 Å². The topological polar surface area (TPSA) is 78.3 Å². The van der Waals surface area contributed by atoms with E-state index in [-0.39, 0.29) is 18.9 Å². The molecule has 1 rings (SSSR count). The molecule has 0 aliphatic heterocycles. The molecule has 0 radical (unpaired) electrons. The lowest BCUT2D eigenvalue weighted by atomic mass is 10.1. The molecule has 4 N–H and O–H groups in total. The molecule has 0 atom stereocenters. The van der Waals surface area contributed by atoms with E-state index in [1.807, 2.05) is 26.0 Å². The van der Waals surface area contributed by atoms with Crippen molar-refractivity contribution in [3.05, 3.63) is 28.8 Å². The van der Waals surface area contributed by atoms with E-state index >= 15 is 0 Å². The Morgan fingerprint density at radius 2 is 1.82 bits per heavy atom. The van der Waals surface area contributed by atoms with Crippen LogP contribution in [0.2, 0.25) is 0 Å². The van der Waals surface area contributed by atoms with Crippen molar-refractivity contribution in [2.24, 2.45) is 11.5 Å². The van der Waals surface area contributed by atoms with Crippen LogP contribution in [0.3, 0.4) is 0 Å². The summed E-state index contributed by atoms with van der Waals surface area (Å²) in [5.74, 6) is 0.381. The second kappa shape index (κ2) is 5.63. The molecule has 0 heterocycles. The lowest BCUT2D eigenvalue weighted by Gasteiger charge is -2.13. The van der Waals surface area contributed by atoms with Crippen molar-refractivity contribution in [3.63, 3.8) is 0 Å². The van der Waals surface area contributed by atoms with E-state index in [4.69, 9.17) is 28.4 Å². The van der Waals surface area contributed by atoms with Gasteiger partial charge in [-0.15, -0.1) is 0 Å². The minimum Gasteiger partial charge on any atom is -0.493 e. The Morgan fingerprint density at radius 1 is 1.29 bits per heavy atom. The maximum Gasteiger partial charge on any atom is 0.220 e. The van der Waals surface area contributed by atoms with Gasteiger partial charge in [0.1, 0.15) is 10.7 Å². The van der Waals surface area contributed by atoms with Gasteiger partial charge in [-0.05, 0) is 37.1 Å². The molecule has 1 aromatic rings. The van der Waals surface area contributed by atoms with Crippen molar-refractivity contribution in [3.8, 4) is 5.75 Å². The maximum absolute atomic E-state index is 10.6. The number of benzene rings is 1. The predicted octanol–water partition coefficient (Wildman–Crippen LogP) is 1.19. The fourth-order valence-corrected chi connectivity index (χ4v) is 1.69. The standard InChI is InChI=1S/C12H16N2O2S/c1-7-5-9(12(14)17)6-8(2)11(7)16-4-3-10(13)15/h5-6H,3-4H2,1-2H3,(H2,13,15)(H2,14,17). The molecule has 4 nitrogen and oxygen atoms in total. The Balaban J connectivity index is 2.86. The number of rotatable bonds is 5. The number of hydrogen-bond donors (Lipinski definition) is 2. The van der Waals surface area contributed by atoms with Crippen molar-refractivity contribution in [1.82, 2.24) is 0 Å². The van der Waals surface area contributed by atoms with Crippen LogP contribution in [0.1, 0.15) is 23.1 Å². The molecule has 1 amide bonds. The third-order valence-corrected chi connectivity index (χ3v) is 2.58. The highest BCUT2D eigenvalue weighted by Crippen LogP contribution is 2.24. The van der Waals surface area contributed by atoms with Gasteiger partial charge in [0.05, 0.1) is 13.0 Å². The van der Waals surface area contributed by atoms with E-state index in [0.29, 0.717) is 4.99 Å². The van der Waals surface area contributed by atoms with Crippen molar-refractivity contribution < 1.29 is 9.53 Å². The Hall–Kier alpha value is -1.62. The van der Waals surface area contributed by atoms with Gasteiger partial charge < -0.3 is 16.2 Å². The van der Waals surface area contributed by atoms with E-state index in [0.717, 1.165) is 22.4 Å². The highest BCUT2D eigenvalue weighted by atomic mass is 32.1. The van der Waals surface area contributed by atoms with Gasteiger partial charge in [0.2, 0.25) is 5.91 Å². The molecule has 0 bridgehead atoms. The molecular formula is C12H16N2O2S. The van der Waals surface area contributed by atoms with Gasteiger partial charge in [0, 0.05) is 5.56 Å². The third-order valence-electron chi connectivity index (χ3n) is 2.34. The third kappa shape index (κ3) is 3.71. The molecular weight excluding hydrogens is 236 g/mol. The Morgan fingerprint density at radius 3 is 2.24 bits per heavy atom. The van der Waals surface area contributed by atoms with Gasteiger partial charge in [-0.2, -0.15) is 0 Å². The quantitative estimate of drug-likeness (QED) is 0.772. The second-order valence-corrected chi connectivity index (χ2v) is 4.31. The summed E-state index contributed by atoms with van der Waals surface area (Å²) < 4.78 is 5.53. The van der Waals surface area contributed by atoms with E-state index in [1.165, 1.54) is 0 Å². The van der Waals surface area contributed by atoms with Crippen molar-refractivity contribution >= 4 is 23.1 Å². The molecule has 17 heavy (non-hydrogen) atoms. The Kier molecular flexibility index (Phi) is 4.45. The number of aryl methyl sites for hydroxylation is 2. The zero-order valence-corrected chi connectivity index (χ0v) is 10.8. The molecule has 0 aliphatic carbocycles. The minimum absolute atomic E-state index is 0.204. The van der Waals surface area contributed by atoms with Crippen molar-refractivity contribution in [1.29, 1.82) is 0 Å². The lowest BCUT2D eigenvalue weighted by Crippen LogP contribution is -2.15. The molecule has 5 heteroatoms. The molecule has 0 spiro atoms. The van der Waals surface area contributed by atoms with Crippen LogP contribution >= 0.6 is 12.2 Å². The summed E-state index contributed by atoms with van der Waals surface area (Å²) >= 11 is 4.92. The molecule has 92 valence electrons. The number of thiocarbonyl (C=S) groups is 1. The Labute approximate surface area is 106 Å². The second-order valence-electron chi connectivity index (χ2n) is 3.87. The summed E-state index contributed by atoms with van der Waals surface area (Å²) in [6.45, 7) is 4.10. The largest absolute Gasteiger partial charge is 0.493 e. The van der Waals surface area contributed by atoms with Gasteiger partial charge in [0.25, 0.3) is 0 Å². The monoisotopic (exact) mass is 252 g/mol. The van der Waals surface area contributed by atoms with Gasteiger partial charge in [-0.25, -0.2) is 0 Å². The molecule has 0 saturated heterocycles. The molecule has 1 aromatic carbocycles. The van der Waals surface area contributed by atoms with Crippen LogP contribution in [0.25, 0.3) is 0 Å².